The van der Waals surface area contributed by atoms with E-state index in [9.17, 15) is 5.11 Å². The molecule has 0 aliphatic carbocycles. The van der Waals surface area contributed by atoms with Gasteiger partial charge in [0.2, 0.25) is 0 Å². The van der Waals surface area contributed by atoms with E-state index in [1.165, 1.54) is 10.5 Å². The van der Waals surface area contributed by atoms with Gasteiger partial charge in [0.25, 0.3) is 0 Å². The van der Waals surface area contributed by atoms with Crippen molar-refractivity contribution in [3.05, 3.63) is 65.7 Å². The van der Waals surface area contributed by atoms with E-state index in [0.717, 1.165) is 5.56 Å². The maximum absolute atomic E-state index is 10.3. The predicted molar refractivity (Wildman–Crippen MR) is 109 cm³/mol. The van der Waals surface area contributed by atoms with Crippen molar-refractivity contribution in [3.8, 4) is 0 Å². The minimum absolute atomic E-state index is 0. The molecule has 5 heteroatoms. The lowest BCUT2D eigenvalue weighted by Crippen LogP contribution is -2.49. The van der Waals surface area contributed by atoms with Crippen LogP contribution in [0.5, 0.6) is 0 Å². The lowest BCUT2D eigenvalue weighted by Gasteiger charge is -2.39. The van der Waals surface area contributed by atoms with E-state index in [1.807, 2.05) is 18.2 Å². The van der Waals surface area contributed by atoms with E-state index in [-0.39, 0.29) is 24.9 Å². The summed E-state index contributed by atoms with van der Waals surface area (Å²) in [6, 6.07) is 18.7. The molecule has 0 amide bonds. The van der Waals surface area contributed by atoms with Crippen LogP contribution in [0.15, 0.2) is 59.5 Å². The Hall–Kier alpha value is -1.04. The average Bonchev–Trinajstić information content (AvgIpc) is 2.62. The quantitative estimate of drug-likeness (QED) is 0.475. The highest BCUT2D eigenvalue weighted by Gasteiger charge is 2.35. The Kier molecular flexibility index (Phi) is 8.97. The fourth-order valence-electron chi connectivity index (χ4n) is 3.01. The van der Waals surface area contributed by atoms with Gasteiger partial charge in [0.05, 0.1) is 0 Å². The molecule has 3 nitrogen and oxygen atoms in total. The molecule has 138 valence electrons. The highest BCUT2D eigenvalue weighted by atomic mass is 35.5. The van der Waals surface area contributed by atoms with Crippen LogP contribution < -0.4 is 5.32 Å². The van der Waals surface area contributed by atoms with E-state index in [2.05, 4.69) is 61.8 Å². The van der Waals surface area contributed by atoms with Gasteiger partial charge in [0.15, 0.2) is 0 Å². The molecule has 3 atom stereocenters. The largest absolute Gasteiger partial charge is 0.396 e. The SMILES string of the molecule is CSc1ccc([C@@](C)(NC(O)CCO)[C@@H](C)c2ccccc2)cc1.Cl. The van der Waals surface area contributed by atoms with Gasteiger partial charge in [-0.05, 0) is 36.4 Å². The van der Waals surface area contributed by atoms with Crippen LogP contribution in [-0.4, -0.2) is 29.3 Å². The number of hydrogen-bond acceptors (Lipinski definition) is 4. The third kappa shape index (κ3) is 5.47. The fourth-order valence-corrected chi connectivity index (χ4v) is 3.42. The summed E-state index contributed by atoms with van der Waals surface area (Å²) in [5.74, 6) is 0.146. The zero-order chi connectivity index (χ0) is 17.6. The second kappa shape index (κ2) is 10.2. The number of halogens is 1. The van der Waals surface area contributed by atoms with E-state index < -0.39 is 11.8 Å². The summed E-state index contributed by atoms with van der Waals surface area (Å²) < 4.78 is 0. The number of benzene rings is 2. The maximum Gasteiger partial charge on any atom is 0.107 e. The topological polar surface area (TPSA) is 52.5 Å². The molecule has 0 spiro atoms. The molecule has 0 saturated heterocycles. The third-order valence-electron chi connectivity index (χ3n) is 4.72. The number of aliphatic hydroxyl groups is 2. The molecule has 1 unspecified atom stereocenters. The van der Waals surface area contributed by atoms with Crippen molar-refractivity contribution in [2.75, 3.05) is 12.9 Å². The summed E-state index contributed by atoms with van der Waals surface area (Å²) in [5.41, 5.74) is 1.87. The Balaban J connectivity index is 0.00000312. The van der Waals surface area contributed by atoms with Crippen LogP contribution in [0.2, 0.25) is 0 Å². The number of hydrogen-bond donors (Lipinski definition) is 3. The standard InChI is InChI=1S/C20H27NO2S.ClH/c1-15(16-7-5-4-6-8-16)20(2,21-19(23)13-14-22)17-9-11-18(24-3)12-10-17;/h4-12,15,19,21-23H,13-14H2,1-3H3;1H/t15-,19?,20-;/m0./s1. The van der Waals surface area contributed by atoms with Crippen molar-refractivity contribution in [1.82, 2.24) is 5.32 Å². The van der Waals surface area contributed by atoms with Gasteiger partial charge in [-0.25, -0.2) is 0 Å². The third-order valence-corrected chi connectivity index (χ3v) is 5.47. The van der Waals surface area contributed by atoms with Gasteiger partial charge >= 0.3 is 0 Å². The van der Waals surface area contributed by atoms with Crippen LogP contribution in [0.3, 0.4) is 0 Å². The zero-order valence-electron chi connectivity index (χ0n) is 15.0. The van der Waals surface area contributed by atoms with Crippen molar-refractivity contribution in [2.45, 2.75) is 42.8 Å². The number of thioether (sulfide) groups is 1. The van der Waals surface area contributed by atoms with Crippen molar-refractivity contribution in [1.29, 1.82) is 0 Å². The first-order valence-corrected chi connectivity index (χ1v) is 9.50. The van der Waals surface area contributed by atoms with E-state index in [4.69, 9.17) is 5.11 Å². The number of aliphatic hydroxyl groups excluding tert-OH is 2. The Morgan fingerprint density at radius 1 is 1.08 bits per heavy atom. The minimum atomic E-state index is -0.758. The van der Waals surface area contributed by atoms with E-state index >= 15 is 0 Å². The molecule has 0 radical (unpaired) electrons. The average molecular weight is 382 g/mol. The molecule has 2 aromatic carbocycles. The predicted octanol–water partition coefficient (Wildman–Crippen LogP) is 4.14. The first-order chi connectivity index (χ1) is 11.5. The molecular weight excluding hydrogens is 354 g/mol. The molecule has 0 saturated carbocycles. The Bertz CT molecular complexity index is 623. The van der Waals surface area contributed by atoms with Gasteiger partial charge in [-0.2, -0.15) is 0 Å². The monoisotopic (exact) mass is 381 g/mol. The summed E-state index contributed by atoms with van der Waals surface area (Å²) in [4.78, 5) is 1.21. The van der Waals surface area contributed by atoms with Crippen LogP contribution in [0, 0.1) is 0 Å². The van der Waals surface area contributed by atoms with Crippen molar-refractivity contribution in [2.24, 2.45) is 0 Å². The smallest absolute Gasteiger partial charge is 0.107 e. The van der Waals surface area contributed by atoms with Crippen LogP contribution in [0.25, 0.3) is 0 Å². The summed E-state index contributed by atoms with van der Waals surface area (Å²) in [7, 11) is 0. The fraction of sp³-hybridized carbons (Fsp3) is 0.400. The minimum Gasteiger partial charge on any atom is -0.396 e. The van der Waals surface area contributed by atoms with E-state index in [0.29, 0.717) is 6.42 Å². The first kappa shape index (κ1) is 22.0. The highest BCUT2D eigenvalue weighted by Crippen LogP contribution is 2.37. The summed E-state index contributed by atoms with van der Waals surface area (Å²) >= 11 is 1.71. The van der Waals surface area contributed by atoms with Gasteiger partial charge in [-0.15, -0.1) is 24.2 Å². The van der Waals surface area contributed by atoms with Crippen molar-refractivity contribution >= 4 is 24.2 Å². The maximum atomic E-state index is 10.3. The molecule has 3 N–H and O–H groups in total. The number of nitrogens with one attached hydrogen (secondary N) is 1. The molecule has 0 aliphatic heterocycles. The second-order valence-corrected chi connectivity index (χ2v) is 7.12. The van der Waals surface area contributed by atoms with Gasteiger partial charge < -0.3 is 10.2 Å². The normalized spacial score (nSPS) is 15.7. The Labute approximate surface area is 161 Å². The van der Waals surface area contributed by atoms with Crippen LogP contribution in [-0.2, 0) is 5.54 Å². The summed E-state index contributed by atoms with van der Waals surface area (Å²) in [6.07, 6.45) is 1.61. The van der Waals surface area contributed by atoms with Gasteiger partial charge in [-0.1, -0.05) is 49.4 Å². The lowest BCUT2D eigenvalue weighted by molar-refractivity contribution is 0.0623. The van der Waals surface area contributed by atoms with Crippen LogP contribution >= 0.6 is 24.2 Å². The van der Waals surface area contributed by atoms with Gasteiger partial charge in [0.1, 0.15) is 6.23 Å². The van der Waals surface area contributed by atoms with Crippen molar-refractivity contribution in [3.63, 3.8) is 0 Å². The van der Waals surface area contributed by atoms with E-state index in [1.54, 1.807) is 11.8 Å². The Morgan fingerprint density at radius 2 is 1.68 bits per heavy atom. The molecule has 0 heterocycles. The first-order valence-electron chi connectivity index (χ1n) is 8.27. The van der Waals surface area contributed by atoms with Crippen molar-refractivity contribution < 1.29 is 10.2 Å². The van der Waals surface area contributed by atoms with Gasteiger partial charge in [0, 0.05) is 29.4 Å². The van der Waals surface area contributed by atoms with Crippen LogP contribution in [0.1, 0.15) is 37.3 Å². The molecule has 2 rings (SSSR count). The Morgan fingerprint density at radius 3 is 2.20 bits per heavy atom. The molecule has 2 aromatic rings. The molecule has 0 bridgehead atoms. The number of rotatable bonds is 8. The summed E-state index contributed by atoms with van der Waals surface area (Å²) in [6.45, 7) is 4.23. The molecular formula is C20H28ClNO2S. The zero-order valence-corrected chi connectivity index (χ0v) is 16.6. The molecule has 0 aliphatic rings. The second-order valence-electron chi connectivity index (χ2n) is 6.24. The van der Waals surface area contributed by atoms with Gasteiger partial charge in [-0.3, -0.25) is 5.32 Å². The molecule has 0 fully saturated rings. The lowest BCUT2D eigenvalue weighted by atomic mass is 9.76. The highest BCUT2D eigenvalue weighted by molar-refractivity contribution is 7.98. The summed E-state index contributed by atoms with van der Waals surface area (Å²) in [5, 5.41) is 22.7. The molecule has 25 heavy (non-hydrogen) atoms. The van der Waals surface area contributed by atoms with Crippen LogP contribution in [0.4, 0.5) is 0 Å². The molecule has 0 aromatic heterocycles.